The van der Waals surface area contributed by atoms with Crippen molar-refractivity contribution in [2.75, 3.05) is 7.11 Å². The van der Waals surface area contributed by atoms with Crippen LogP contribution >= 0.6 is 27.5 Å². The van der Waals surface area contributed by atoms with E-state index in [1.807, 2.05) is 12.1 Å². The second kappa shape index (κ2) is 6.77. The molecule has 0 unspecified atom stereocenters. The van der Waals surface area contributed by atoms with Gasteiger partial charge in [0.25, 0.3) is 0 Å². The summed E-state index contributed by atoms with van der Waals surface area (Å²) in [5, 5.41) is 0.645. The molecule has 0 fully saturated rings. The number of hydrogen-bond donors (Lipinski definition) is 0. The summed E-state index contributed by atoms with van der Waals surface area (Å²) in [7, 11) is 1.36. The van der Waals surface area contributed by atoms with Crippen LogP contribution in [0.5, 0.6) is 5.75 Å². The van der Waals surface area contributed by atoms with Crippen molar-refractivity contribution in [2.24, 2.45) is 0 Å². The molecule has 0 amide bonds. The Kier molecular flexibility index (Phi) is 5.04. The first-order valence-corrected chi connectivity index (χ1v) is 7.02. The molecule has 0 radical (unpaired) electrons. The minimum absolute atomic E-state index is 0.349. The van der Waals surface area contributed by atoms with Crippen molar-refractivity contribution < 1.29 is 14.3 Å². The average molecular weight is 356 g/mol. The Morgan fingerprint density at radius 1 is 1.20 bits per heavy atom. The zero-order chi connectivity index (χ0) is 14.5. The molecule has 0 aromatic heterocycles. The summed E-state index contributed by atoms with van der Waals surface area (Å²) in [6.07, 6.45) is 0. The maximum atomic E-state index is 11.3. The highest BCUT2D eigenvalue weighted by molar-refractivity contribution is 9.10. The summed E-state index contributed by atoms with van der Waals surface area (Å²) in [5.41, 5.74) is 1.48. The molecule has 0 aliphatic heterocycles. The minimum Gasteiger partial charge on any atom is -0.488 e. The van der Waals surface area contributed by atoms with Crippen LogP contribution in [0.25, 0.3) is 0 Å². The van der Waals surface area contributed by atoms with E-state index < -0.39 is 0 Å². The molecule has 104 valence electrons. The van der Waals surface area contributed by atoms with Gasteiger partial charge in [-0.15, -0.1) is 0 Å². The minimum atomic E-state index is -0.349. The first-order valence-electron chi connectivity index (χ1n) is 5.85. The van der Waals surface area contributed by atoms with Gasteiger partial charge in [-0.25, -0.2) is 4.79 Å². The molecule has 0 saturated carbocycles. The van der Waals surface area contributed by atoms with E-state index in [9.17, 15) is 4.79 Å². The van der Waals surface area contributed by atoms with E-state index in [1.165, 1.54) is 7.11 Å². The third-order valence-electron chi connectivity index (χ3n) is 2.66. The second-order valence-corrected chi connectivity index (χ2v) is 5.34. The molecule has 2 aromatic rings. The van der Waals surface area contributed by atoms with E-state index in [4.69, 9.17) is 16.3 Å². The van der Waals surface area contributed by atoms with Gasteiger partial charge in [0, 0.05) is 5.02 Å². The highest BCUT2D eigenvalue weighted by Gasteiger charge is 2.06. The van der Waals surface area contributed by atoms with E-state index in [0.29, 0.717) is 22.9 Å². The topological polar surface area (TPSA) is 35.5 Å². The van der Waals surface area contributed by atoms with Gasteiger partial charge in [-0.2, -0.15) is 0 Å². The predicted molar refractivity (Wildman–Crippen MR) is 81.3 cm³/mol. The first kappa shape index (κ1) is 14.9. The molecule has 0 heterocycles. The van der Waals surface area contributed by atoms with E-state index in [1.54, 1.807) is 30.3 Å². The van der Waals surface area contributed by atoms with Crippen LogP contribution in [-0.2, 0) is 11.3 Å². The fourth-order valence-corrected chi connectivity index (χ4v) is 2.41. The fraction of sp³-hybridized carbons (Fsp3) is 0.133. The highest BCUT2D eigenvalue weighted by Crippen LogP contribution is 2.28. The van der Waals surface area contributed by atoms with Crippen LogP contribution in [0.1, 0.15) is 15.9 Å². The number of hydrogen-bond acceptors (Lipinski definition) is 3. The van der Waals surface area contributed by atoms with Gasteiger partial charge >= 0.3 is 5.97 Å². The fourth-order valence-electron chi connectivity index (χ4n) is 1.61. The Hall–Kier alpha value is -1.52. The van der Waals surface area contributed by atoms with Crippen molar-refractivity contribution in [3.63, 3.8) is 0 Å². The number of esters is 1. The summed E-state index contributed by atoms with van der Waals surface area (Å²) >= 11 is 9.26. The van der Waals surface area contributed by atoms with Crippen LogP contribution in [-0.4, -0.2) is 13.1 Å². The van der Waals surface area contributed by atoms with Gasteiger partial charge < -0.3 is 9.47 Å². The van der Waals surface area contributed by atoms with Gasteiger partial charge in [0.05, 0.1) is 17.1 Å². The summed E-state index contributed by atoms with van der Waals surface area (Å²) < 4.78 is 11.1. The van der Waals surface area contributed by atoms with Gasteiger partial charge in [-0.3, -0.25) is 0 Å². The Morgan fingerprint density at radius 3 is 2.50 bits per heavy atom. The maximum absolute atomic E-state index is 11.3. The molecule has 2 rings (SSSR count). The first-order chi connectivity index (χ1) is 9.60. The van der Waals surface area contributed by atoms with Crippen LogP contribution in [0.3, 0.4) is 0 Å². The van der Waals surface area contributed by atoms with Crippen LogP contribution < -0.4 is 4.74 Å². The molecule has 0 atom stereocenters. The van der Waals surface area contributed by atoms with Crippen molar-refractivity contribution in [3.8, 4) is 5.75 Å². The summed E-state index contributed by atoms with van der Waals surface area (Å²) in [6.45, 7) is 0.404. The zero-order valence-electron chi connectivity index (χ0n) is 10.7. The highest BCUT2D eigenvalue weighted by atomic mass is 79.9. The van der Waals surface area contributed by atoms with Crippen molar-refractivity contribution in [3.05, 3.63) is 63.1 Å². The summed E-state index contributed by atoms with van der Waals surface area (Å²) in [4.78, 5) is 11.3. The Morgan fingerprint density at radius 2 is 1.90 bits per heavy atom. The van der Waals surface area contributed by atoms with Crippen molar-refractivity contribution in [2.45, 2.75) is 6.61 Å². The molecule has 0 N–H and O–H groups in total. The largest absolute Gasteiger partial charge is 0.488 e. The number of carbonyl (C=O) groups excluding carboxylic acids is 1. The molecule has 5 heteroatoms. The molecule has 0 bridgehead atoms. The third kappa shape index (κ3) is 3.74. The van der Waals surface area contributed by atoms with Crippen LogP contribution in [0, 0.1) is 0 Å². The number of carbonyl (C=O) groups is 1. The van der Waals surface area contributed by atoms with Gasteiger partial charge in [0.1, 0.15) is 12.4 Å². The molecular weight excluding hydrogens is 344 g/mol. The standard InChI is InChI=1S/C15H12BrClO3/c1-19-15(18)11-4-2-10(3-5-11)9-20-14-7-6-12(17)8-13(14)16/h2-8H,9H2,1H3. The monoisotopic (exact) mass is 354 g/mol. The van der Waals surface area contributed by atoms with E-state index in [2.05, 4.69) is 20.7 Å². The van der Waals surface area contributed by atoms with Crippen LogP contribution in [0.4, 0.5) is 0 Å². The quantitative estimate of drug-likeness (QED) is 0.759. The lowest BCUT2D eigenvalue weighted by Crippen LogP contribution is -2.02. The third-order valence-corrected chi connectivity index (χ3v) is 3.52. The van der Waals surface area contributed by atoms with E-state index in [0.717, 1.165) is 10.0 Å². The molecule has 20 heavy (non-hydrogen) atoms. The molecule has 0 aliphatic rings. The zero-order valence-corrected chi connectivity index (χ0v) is 13.1. The molecular formula is C15H12BrClO3. The summed E-state index contributed by atoms with van der Waals surface area (Å²) in [5.74, 6) is 0.365. The van der Waals surface area contributed by atoms with Gasteiger partial charge in [0.15, 0.2) is 0 Å². The lowest BCUT2D eigenvalue weighted by Gasteiger charge is -2.09. The molecule has 0 spiro atoms. The number of halogens is 2. The smallest absolute Gasteiger partial charge is 0.337 e. The van der Waals surface area contributed by atoms with E-state index in [-0.39, 0.29) is 5.97 Å². The average Bonchev–Trinajstić information content (AvgIpc) is 2.46. The summed E-state index contributed by atoms with van der Waals surface area (Å²) in [6, 6.07) is 12.4. The molecule has 2 aromatic carbocycles. The van der Waals surface area contributed by atoms with Gasteiger partial charge in [0.2, 0.25) is 0 Å². The van der Waals surface area contributed by atoms with Crippen molar-refractivity contribution in [1.29, 1.82) is 0 Å². The van der Waals surface area contributed by atoms with Crippen LogP contribution in [0.2, 0.25) is 5.02 Å². The Labute approximate surface area is 130 Å². The van der Waals surface area contributed by atoms with Crippen molar-refractivity contribution in [1.82, 2.24) is 0 Å². The molecule has 3 nitrogen and oxygen atoms in total. The lowest BCUT2D eigenvalue weighted by atomic mass is 10.1. The van der Waals surface area contributed by atoms with Crippen molar-refractivity contribution >= 4 is 33.5 Å². The predicted octanol–water partition coefficient (Wildman–Crippen LogP) is 4.47. The molecule has 0 aliphatic carbocycles. The Balaban J connectivity index is 2.02. The maximum Gasteiger partial charge on any atom is 0.337 e. The van der Waals surface area contributed by atoms with Gasteiger partial charge in [-0.1, -0.05) is 23.7 Å². The second-order valence-electron chi connectivity index (χ2n) is 4.05. The SMILES string of the molecule is COC(=O)c1ccc(COc2ccc(Cl)cc2Br)cc1. The van der Waals surface area contributed by atoms with Crippen LogP contribution in [0.15, 0.2) is 46.9 Å². The lowest BCUT2D eigenvalue weighted by molar-refractivity contribution is 0.0600. The molecule has 0 saturated heterocycles. The normalized spacial score (nSPS) is 10.2. The number of ether oxygens (including phenoxy) is 2. The Bertz CT molecular complexity index is 611. The number of rotatable bonds is 4. The number of methoxy groups -OCH3 is 1. The number of benzene rings is 2. The van der Waals surface area contributed by atoms with E-state index >= 15 is 0 Å². The van der Waals surface area contributed by atoms with Gasteiger partial charge in [-0.05, 0) is 51.8 Å².